The molecule has 14 amide bonds. The number of amides is 14. The van der Waals surface area contributed by atoms with Gasteiger partial charge < -0.3 is 91.6 Å². The van der Waals surface area contributed by atoms with Crippen molar-refractivity contribution in [1.29, 1.82) is 0 Å². The van der Waals surface area contributed by atoms with Crippen LogP contribution in [0.5, 0.6) is 0 Å². The Morgan fingerprint density at radius 2 is 1.14 bits per heavy atom. The third-order valence-corrected chi connectivity index (χ3v) is 18.5. The molecule has 0 fully saturated rings. The van der Waals surface area contributed by atoms with Crippen molar-refractivity contribution in [3.05, 3.63) is 48.0 Å². The number of ketones is 2. The van der Waals surface area contributed by atoms with Crippen LogP contribution in [0, 0.1) is 23.7 Å². The van der Waals surface area contributed by atoms with Crippen molar-refractivity contribution in [2.75, 3.05) is 19.6 Å². The number of rotatable bonds is 42. The minimum Gasteiger partial charge on any atom is -0.481 e. The van der Waals surface area contributed by atoms with E-state index in [2.05, 4.69) is 69.1 Å². The van der Waals surface area contributed by atoms with Crippen LogP contribution in [0.3, 0.4) is 0 Å². The van der Waals surface area contributed by atoms with Gasteiger partial charge in [-0.05, 0) is 147 Å². The van der Waals surface area contributed by atoms with Gasteiger partial charge in [0.1, 0.15) is 71.2 Å². The fraction of sp³-hybridized carbons (Fsp3) is 0.667. The van der Waals surface area contributed by atoms with Gasteiger partial charge in [-0.1, -0.05) is 97.9 Å². The van der Waals surface area contributed by atoms with E-state index in [0.29, 0.717) is 31.2 Å². The number of carbonyl (C=O) groups excluding carboxylic acids is 16. The maximum Gasteiger partial charge on any atom is 0.305 e. The van der Waals surface area contributed by atoms with E-state index in [0.717, 1.165) is 0 Å². The van der Waals surface area contributed by atoms with E-state index in [1.165, 1.54) is 48.5 Å². The summed E-state index contributed by atoms with van der Waals surface area (Å²) in [4.78, 5) is 232. The number of aliphatic carboxylic acids is 1. The van der Waals surface area contributed by atoms with Crippen LogP contribution < -0.4 is 92.1 Å². The maximum absolute atomic E-state index is 15.2. The quantitative estimate of drug-likeness (QED) is 0.0235. The number of benzene rings is 1. The molecule has 36 heteroatoms. The second-order valence-corrected chi connectivity index (χ2v) is 30.5. The number of nitrogens with one attached hydrogen (secondary N) is 13. The number of primary amides is 3. The molecule has 14 atom stereocenters. The molecular weight excluding hydrogens is 1440 g/mol. The summed E-state index contributed by atoms with van der Waals surface area (Å²) in [6.45, 7) is 19.0. The smallest absolute Gasteiger partial charge is 0.305 e. The third-order valence-electron chi connectivity index (χ3n) is 18.5. The molecule has 23 N–H and O–H groups in total. The van der Waals surface area contributed by atoms with Crippen LogP contribution in [0.15, 0.2) is 42.5 Å². The van der Waals surface area contributed by atoms with Crippen LogP contribution >= 0.6 is 0 Å². The molecule has 111 heavy (non-hydrogen) atoms. The second kappa shape index (κ2) is 48.1. The first-order valence-electron chi connectivity index (χ1n) is 37.9. The summed E-state index contributed by atoms with van der Waals surface area (Å²) in [5, 5.41) is 54.8. The Hall–Kier alpha value is -9.81. The van der Waals surface area contributed by atoms with Crippen LogP contribution in [-0.4, -0.2) is 214 Å². The van der Waals surface area contributed by atoms with Gasteiger partial charge in [-0.2, -0.15) is 0 Å². The predicted molar refractivity (Wildman–Crippen MR) is 409 cm³/mol. The Morgan fingerprint density at radius 1 is 0.586 bits per heavy atom. The first-order chi connectivity index (χ1) is 51.8. The zero-order valence-electron chi connectivity index (χ0n) is 66.4. The number of carbonyl (C=O) groups is 17. The zero-order chi connectivity index (χ0) is 84.2. The van der Waals surface area contributed by atoms with E-state index in [1.807, 2.05) is 0 Å². The van der Waals surface area contributed by atoms with E-state index in [-0.39, 0.29) is 89.1 Å². The zero-order valence-corrected chi connectivity index (χ0v) is 66.4. The number of hydrogen-bond acceptors (Lipinski definition) is 21. The van der Waals surface area contributed by atoms with Crippen molar-refractivity contribution < 1.29 is 91.7 Å². The van der Waals surface area contributed by atoms with Crippen molar-refractivity contribution in [2.45, 2.75) is 276 Å². The highest BCUT2D eigenvalue weighted by Crippen LogP contribution is 2.22. The molecule has 0 saturated carbocycles. The SMILES string of the molecule is CC(=O)CN[C@@H](CC(=O)O)C(=O)N[C@H](C(=O)N[C@@H](CC(N)=O)C(=O)CN[C@H](C(=O)N[C@@H](CC(C)C)C(=O)N[C@@H](CC(C)C)C(=O)N[C@@H](Cc1ccccc1)C(=O)N[C@@]1(C)CCC/C=C\CCC[C@@](C)(C(=O)N[C@@H](CCC(N)=O)C(N)=O)NC(=O)[C@H](C)NC(=O)[C@H](C(C)C)NC(=O)[C@H](CCCCN)NC1=O)[C@@H](C)O)C(C)C. The number of nitrogens with two attached hydrogens (primary N) is 4. The fourth-order valence-electron chi connectivity index (χ4n) is 12.0. The van der Waals surface area contributed by atoms with Crippen LogP contribution in [0.1, 0.15) is 192 Å². The molecule has 2 rings (SSSR count). The molecule has 0 aliphatic carbocycles. The highest BCUT2D eigenvalue weighted by Gasteiger charge is 2.43. The van der Waals surface area contributed by atoms with Crippen molar-refractivity contribution in [1.82, 2.24) is 69.1 Å². The summed E-state index contributed by atoms with van der Waals surface area (Å²) in [5.41, 5.74) is 19.2. The number of allylic oxidation sites excluding steroid dienone is 2. The summed E-state index contributed by atoms with van der Waals surface area (Å²) in [6.07, 6.45) is 1.48. The van der Waals surface area contributed by atoms with Gasteiger partial charge in [0, 0.05) is 12.8 Å². The number of carboxylic acid groups (broad SMARTS) is 1. The predicted octanol–water partition coefficient (Wildman–Crippen LogP) is -2.64. The standard InChI is InChI=1S/C75H123N17O19/c1-40(2)33-52(84-67(105)53(34-41(3)4)86-71(109)61(46(11)94)81-39-55(95)50(36-57(78)97)83-70(108)60(43(7)8)90-65(103)51(37-58(98)99)80-38-44(9)93)66(104)85-54(35-47-25-19-18-20-26-47)68(106)92-75(13)31-23-17-15-14-16-22-30-74(12,72(110)87-48(62(79)100)28-29-56(77)96)91-63(101)45(10)82-69(107)59(42(5)6)89-64(102)49(88-73(75)111)27-21-24-32-76/h14-15,18-20,25-26,40-43,45-46,48-54,59-61,80-81,94H,16-17,21-24,27-39,76H2,1-13H3,(H2,77,96)(H2,78,97)(H2,79,100)(H,82,107)(H,83,108)(H,84,105)(H,85,104)(H,86,109)(H,87,110)(H,88,111)(H,89,102)(H,90,103)(H,91,101)(H,92,106)(H,98,99)/b15-14-/t45-,46+,48-,49-,50-,51-,52-,53-,54-,59-,60-,61-,74-,75-/m0/s1. The Kier molecular flexibility index (Phi) is 42.1. The van der Waals surface area contributed by atoms with Gasteiger partial charge in [0.15, 0.2) is 5.78 Å². The molecule has 1 aromatic rings. The van der Waals surface area contributed by atoms with Crippen LogP contribution in [0.2, 0.25) is 0 Å². The Labute approximate surface area is 649 Å². The molecule has 0 aromatic heterocycles. The molecule has 1 aliphatic heterocycles. The molecule has 1 heterocycles. The van der Waals surface area contributed by atoms with Gasteiger partial charge in [0.05, 0.1) is 44.1 Å². The maximum atomic E-state index is 15.2. The second-order valence-electron chi connectivity index (χ2n) is 30.5. The molecule has 1 aliphatic rings. The highest BCUT2D eigenvalue weighted by atomic mass is 16.4. The average Bonchev–Trinajstić information content (AvgIpc) is 0.969. The van der Waals surface area contributed by atoms with Crippen LogP contribution in [0.25, 0.3) is 0 Å². The number of unbranched alkanes of at least 4 members (excludes halogenated alkanes) is 1. The molecule has 1 aromatic carbocycles. The van der Waals surface area contributed by atoms with Gasteiger partial charge >= 0.3 is 5.97 Å². The average molecular weight is 1570 g/mol. The molecule has 36 nitrogen and oxygen atoms in total. The molecule has 0 spiro atoms. The highest BCUT2D eigenvalue weighted by molar-refractivity contribution is 6.01. The van der Waals surface area contributed by atoms with Gasteiger partial charge in [0.25, 0.3) is 0 Å². The van der Waals surface area contributed by atoms with Gasteiger partial charge in [0.2, 0.25) is 82.7 Å². The lowest BCUT2D eigenvalue weighted by atomic mass is 9.91. The topological polar surface area (TPSA) is 591 Å². The molecule has 0 bridgehead atoms. The molecular formula is C75H123N17O19. The minimum absolute atomic E-state index is 0.00364. The lowest BCUT2D eigenvalue weighted by molar-refractivity contribution is -0.140. The minimum atomic E-state index is -1.87. The lowest BCUT2D eigenvalue weighted by Gasteiger charge is -2.34. The van der Waals surface area contributed by atoms with E-state index in [4.69, 9.17) is 22.9 Å². The number of carboxylic acids is 1. The number of hydrogen-bond donors (Lipinski definition) is 19. The van der Waals surface area contributed by atoms with Gasteiger partial charge in [-0.3, -0.25) is 92.1 Å². The molecule has 0 unspecified atom stereocenters. The summed E-state index contributed by atoms with van der Waals surface area (Å²) < 4.78 is 0. The monoisotopic (exact) mass is 1570 g/mol. The Balaban J connectivity index is 2.66. The summed E-state index contributed by atoms with van der Waals surface area (Å²) in [5.74, 6) is -17.0. The van der Waals surface area contributed by atoms with Crippen molar-refractivity contribution in [3.63, 3.8) is 0 Å². The summed E-state index contributed by atoms with van der Waals surface area (Å²) >= 11 is 0. The number of Topliss-reactive ketones (excluding diaryl/α,β-unsaturated/α-hetero) is 2. The van der Waals surface area contributed by atoms with Gasteiger partial charge in [-0.15, -0.1) is 0 Å². The molecule has 622 valence electrons. The molecule has 0 radical (unpaired) electrons. The Bertz CT molecular complexity index is 3410. The van der Waals surface area contributed by atoms with Crippen molar-refractivity contribution in [2.24, 2.45) is 46.6 Å². The summed E-state index contributed by atoms with van der Waals surface area (Å²) in [6, 6.07) is -7.31. The Morgan fingerprint density at radius 3 is 1.65 bits per heavy atom. The van der Waals surface area contributed by atoms with E-state index in [9.17, 15) is 82.1 Å². The largest absolute Gasteiger partial charge is 0.481 e. The van der Waals surface area contributed by atoms with E-state index < -0.39 is 215 Å². The molecule has 0 saturated heterocycles. The van der Waals surface area contributed by atoms with Crippen LogP contribution in [-0.2, 0) is 87.9 Å². The van der Waals surface area contributed by atoms with Crippen LogP contribution in [0.4, 0.5) is 0 Å². The normalized spacial score (nSPS) is 21.0. The van der Waals surface area contributed by atoms with Gasteiger partial charge in [-0.25, -0.2) is 0 Å². The third kappa shape index (κ3) is 35.4. The number of aliphatic hydroxyl groups excluding tert-OH is 1. The van der Waals surface area contributed by atoms with E-state index >= 15 is 9.59 Å². The van der Waals surface area contributed by atoms with Crippen molar-refractivity contribution in [3.8, 4) is 0 Å². The van der Waals surface area contributed by atoms with Crippen molar-refractivity contribution >= 4 is 100 Å². The number of aliphatic hydroxyl groups is 1. The first-order valence-corrected chi connectivity index (χ1v) is 37.9. The summed E-state index contributed by atoms with van der Waals surface area (Å²) in [7, 11) is 0. The van der Waals surface area contributed by atoms with E-state index in [1.54, 1.807) is 84.0 Å². The lowest BCUT2D eigenvalue weighted by Crippen LogP contribution is -2.65. The first kappa shape index (κ1) is 97.3. The fourth-order valence-corrected chi connectivity index (χ4v) is 12.0.